The quantitative estimate of drug-likeness (QED) is 0.488. The van der Waals surface area contributed by atoms with E-state index in [4.69, 9.17) is 5.11 Å². The molecule has 0 aromatic carbocycles. The highest BCUT2D eigenvalue weighted by atomic mass is 32.2. The lowest BCUT2D eigenvalue weighted by Crippen LogP contribution is -2.21. The smallest absolute Gasteiger partial charge is 0.353 e. The Bertz CT molecular complexity index is 421. The van der Waals surface area contributed by atoms with Gasteiger partial charge in [-0.25, -0.2) is 9.93 Å². The number of rotatable bonds is 3. The van der Waals surface area contributed by atoms with Gasteiger partial charge in [0.15, 0.2) is 5.82 Å². The van der Waals surface area contributed by atoms with Crippen LogP contribution in [-0.4, -0.2) is 29.7 Å². The molecule has 0 bridgehead atoms. The van der Waals surface area contributed by atoms with Gasteiger partial charge in [0.1, 0.15) is 5.69 Å². The zero-order valence-electron chi connectivity index (χ0n) is 6.18. The number of nitrogens with zero attached hydrogens (tertiary/aromatic N) is 1. The second-order valence-corrected chi connectivity index (χ2v) is 3.41. The van der Waals surface area contributed by atoms with Crippen LogP contribution in [0.15, 0.2) is 6.07 Å². The number of aromatic carboxylic acids is 1. The molecule has 0 aliphatic heterocycles. The maximum atomic E-state index is 10.4. The molecule has 0 aliphatic rings. The van der Waals surface area contributed by atoms with Gasteiger partial charge in [-0.15, -0.1) is 0 Å². The van der Waals surface area contributed by atoms with Crippen molar-refractivity contribution < 1.29 is 18.3 Å². The Morgan fingerprint density at radius 2 is 2.31 bits per heavy atom. The fraction of sp³-hybridized carbons (Fsp3) is 0. The lowest BCUT2D eigenvalue weighted by Gasteiger charge is -1.95. The van der Waals surface area contributed by atoms with Crippen LogP contribution in [0.1, 0.15) is 10.5 Å². The number of H-pyrrole nitrogens is 1. The third-order valence-electron chi connectivity index (χ3n) is 1.06. The molecule has 0 amide bonds. The number of aromatic amines is 1. The number of anilines is 1. The molecule has 5 N–H and O–H groups in total. The molecule has 0 radical (unpaired) electrons. The molecule has 0 unspecified atom stereocenters. The number of nitrogens with two attached hydrogens (primary N) is 1. The second kappa shape index (κ2) is 3.03. The van der Waals surface area contributed by atoms with Crippen molar-refractivity contribution in [3.63, 3.8) is 0 Å². The summed E-state index contributed by atoms with van der Waals surface area (Å²) in [5, 5.41) is 18.5. The SMILES string of the molecule is NS(=O)(=O)Nc1cc(C(=O)O)[nH]n1. The van der Waals surface area contributed by atoms with Crippen molar-refractivity contribution in [2.45, 2.75) is 0 Å². The molecular weight excluding hydrogens is 200 g/mol. The van der Waals surface area contributed by atoms with Gasteiger partial charge in [-0.1, -0.05) is 0 Å². The number of carboxylic acids is 1. The van der Waals surface area contributed by atoms with Crippen LogP contribution >= 0.6 is 0 Å². The molecule has 1 aromatic heterocycles. The predicted molar refractivity (Wildman–Crippen MR) is 42.3 cm³/mol. The Hall–Kier alpha value is -1.61. The Kier molecular flexibility index (Phi) is 2.21. The van der Waals surface area contributed by atoms with Gasteiger partial charge in [0.25, 0.3) is 10.2 Å². The summed E-state index contributed by atoms with van der Waals surface area (Å²) in [6.45, 7) is 0. The van der Waals surface area contributed by atoms with Crippen LogP contribution in [0.4, 0.5) is 5.82 Å². The molecule has 72 valence electrons. The van der Waals surface area contributed by atoms with Gasteiger partial charge in [0.2, 0.25) is 0 Å². The predicted octanol–water partition coefficient (Wildman–Crippen LogP) is -1.28. The third-order valence-corrected chi connectivity index (χ3v) is 1.55. The standard InChI is InChI=1S/C4H6N4O4S/c5-13(11,12)8-3-1-2(4(9)10)6-7-3/h1H,(H,9,10)(H2,5,11,12)(H2,6,7,8). The number of hydrogen-bond acceptors (Lipinski definition) is 4. The summed E-state index contributed by atoms with van der Waals surface area (Å²) in [7, 11) is -3.91. The van der Waals surface area contributed by atoms with E-state index in [1.54, 1.807) is 4.72 Å². The topological polar surface area (TPSA) is 138 Å². The molecule has 0 saturated heterocycles. The van der Waals surface area contributed by atoms with E-state index in [0.717, 1.165) is 6.07 Å². The van der Waals surface area contributed by atoms with E-state index in [9.17, 15) is 13.2 Å². The number of aromatic nitrogens is 2. The highest BCUT2D eigenvalue weighted by molar-refractivity contribution is 7.90. The van der Waals surface area contributed by atoms with Gasteiger partial charge in [-0.3, -0.25) is 9.82 Å². The highest BCUT2D eigenvalue weighted by Gasteiger charge is 2.10. The fourth-order valence-electron chi connectivity index (χ4n) is 0.629. The first-order valence-corrected chi connectivity index (χ1v) is 4.52. The van der Waals surface area contributed by atoms with E-state index in [-0.39, 0.29) is 11.5 Å². The number of nitrogens with one attached hydrogen (secondary N) is 2. The van der Waals surface area contributed by atoms with E-state index in [2.05, 4.69) is 15.3 Å². The zero-order chi connectivity index (χ0) is 10.1. The lowest BCUT2D eigenvalue weighted by atomic mass is 10.4. The summed E-state index contributed by atoms with van der Waals surface area (Å²) in [5.41, 5.74) is -0.230. The summed E-state index contributed by atoms with van der Waals surface area (Å²) in [6, 6.07) is 1.01. The summed E-state index contributed by atoms with van der Waals surface area (Å²) >= 11 is 0. The molecule has 0 saturated carbocycles. The summed E-state index contributed by atoms with van der Waals surface area (Å²) in [5.74, 6) is -1.41. The number of carbonyl (C=O) groups is 1. The van der Waals surface area contributed by atoms with Gasteiger partial charge >= 0.3 is 5.97 Å². The number of carboxylic acid groups (broad SMARTS) is 1. The van der Waals surface area contributed by atoms with E-state index >= 15 is 0 Å². The largest absolute Gasteiger partial charge is 0.477 e. The Balaban J connectivity index is 2.87. The van der Waals surface area contributed by atoms with Crippen LogP contribution in [0.3, 0.4) is 0 Å². The minimum absolute atomic E-state index is 0.167. The molecule has 8 nitrogen and oxygen atoms in total. The van der Waals surface area contributed by atoms with Crippen LogP contribution < -0.4 is 9.86 Å². The molecule has 0 fully saturated rings. The third kappa shape index (κ3) is 2.72. The average molecular weight is 206 g/mol. The molecule has 1 aromatic rings. The first-order valence-electron chi connectivity index (χ1n) is 2.98. The van der Waals surface area contributed by atoms with Crippen molar-refractivity contribution >= 4 is 22.0 Å². The molecular formula is C4H6N4O4S. The molecule has 0 atom stereocenters. The van der Waals surface area contributed by atoms with Crippen LogP contribution in [-0.2, 0) is 10.2 Å². The first-order chi connectivity index (χ1) is 5.88. The summed E-state index contributed by atoms with van der Waals surface area (Å²) in [6.07, 6.45) is 0. The monoisotopic (exact) mass is 206 g/mol. The molecule has 0 spiro atoms. The Labute approximate surface area is 72.9 Å². The van der Waals surface area contributed by atoms with E-state index < -0.39 is 16.2 Å². The summed E-state index contributed by atoms with van der Waals surface area (Å²) in [4.78, 5) is 10.3. The zero-order valence-corrected chi connectivity index (χ0v) is 7.00. The van der Waals surface area contributed by atoms with Crippen LogP contribution in [0.5, 0.6) is 0 Å². The van der Waals surface area contributed by atoms with Crippen molar-refractivity contribution in [1.29, 1.82) is 0 Å². The highest BCUT2D eigenvalue weighted by Crippen LogP contribution is 2.05. The van der Waals surface area contributed by atoms with Crippen LogP contribution in [0.25, 0.3) is 0 Å². The van der Waals surface area contributed by atoms with Crippen molar-refractivity contribution in [1.82, 2.24) is 10.2 Å². The minimum atomic E-state index is -3.91. The van der Waals surface area contributed by atoms with E-state index in [1.807, 2.05) is 0 Å². The summed E-state index contributed by atoms with van der Waals surface area (Å²) < 4.78 is 22.7. The van der Waals surface area contributed by atoms with Crippen molar-refractivity contribution in [2.24, 2.45) is 5.14 Å². The minimum Gasteiger partial charge on any atom is -0.477 e. The van der Waals surface area contributed by atoms with E-state index in [0.29, 0.717) is 0 Å². The second-order valence-electron chi connectivity index (χ2n) is 2.12. The average Bonchev–Trinajstić information content (AvgIpc) is 2.31. The molecule has 0 aliphatic carbocycles. The molecule has 1 rings (SSSR count). The van der Waals surface area contributed by atoms with Gasteiger partial charge in [-0.05, 0) is 0 Å². The number of hydrogen-bond donors (Lipinski definition) is 4. The maximum Gasteiger partial charge on any atom is 0.353 e. The van der Waals surface area contributed by atoms with Crippen LogP contribution in [0.2, 0.25) is 0 Å². The normalized spacial score (nSPS) is 11.2. The van der Waals surface area contributed by atoms with Crippen molar-refractivity contribution in [2.75, 3.05) is 4.72 Å². The molecule has 1 heterocycles. The van der Waals surface area contributed by atoms with Crippen molar-refractivity contribution in [3.05, 3.63) is 11.8 Å². The molecule has 13 heavy (non-hydrogen) atoms. The molecule has 9 heteroatoms. The lowest BCUT2D eigenvalue weighted by molar-refractivity contribution is 0.0690. The first kappa shape index (κ1) is 9.48. The van der Waals surface area contributed by atoms with Gasteiger partial charge in [0.05, 0.1) is 0 Å². The van der Waals surface area contributed by atoms with Gasteiger partial charge < -0.3 is 5.11 Å². The van der Waals surface area contributed by atoms with E-state index in [1.165, 1.54) is 0 Å². The van der Waals surface area contributed by atoms with Crippen molar-refractivity contribution in [3.8, 4) is 0 Å². The fourth-order valence-corrected chi connectivity index (χ4v) is 1.03. The van der Waals surface area contributed by atoms with Gasteiger partial charge in [-0.2, -0.15) is 13.5 Å². The van der Waals surface area contributed by atoms with Gasteiger partial charge in [0, 0.05) is 6.07 Å². The Morgan fingerprint density at radius 1 is 1.69 bits per heavy atom. The van der Waals surface area contributed by atoms with Crippen LogP contribution in [0, 0.1) is 0 Å². The maximum absolute atomic E-state index is 10.4. The Morgan fingerprint density at radius 3 is 2.69 bits per heavy atom.